The molecule has 1 aromatic rings. The molecule has 1 amide bonds. The molecule has 0 unspecified atom stereocenters. The van der Waals surface area contributed by atoms with Crippen molar-refractivity contribution in [2.45, 2.75) is 19.8 Å². The highest BCUT2D eigenvalue weighted by Crippen LogP contribution is 2.30. The maximum Gasteiger partial charge on any atom is 0.225 e. The molecule has 0 atom stereocenters. The molecule has 1 saturated heterocycles. The summed E-state index contributed by atoms with van der Waals surface area (Å²) in [4.78, 5) is 19.9. The van der Waals surface area contributed by atoms with E-state index >= 15 is 0 Å². The molecular weight excluding hydrogens is 232 g/mol. The Morgan fingerprint density at radius 3 is 2.89 bits per heavy atom. The zero-order valence-corrected chi connectivity index (χ0v) is 10.5. The summed E-state index contributed by atoms with van der Waals surface area (Å²) in [7, 11) is 0. The Bertz CT molecular complexity index is 430. The van der Waals surface area contributed by atoms with Crippen molar-refractivity contribution in [2.24, 2.45) is 11.1 Å². The van der Waals surface area contributed by atoms with E-state index in [0.29, 0.717) is 38.4 Å². The third kappa shape index (κ3) is 2.76. The highest BCUT2D eigenvalue weighted by atomic mass is 16.5. The van der Waals surface area contributed by atoms with E-state index in [0.717, 1.165) is 5.82 Å². The summed E-state index contributed by atoms with van der Waals surface area (Å²) < 4.78 is 5.28. The number of primary amides is 1. The first-order valence-electron chi connectivity index (χ1n) is 6.04. The normalized spacial score (nSPS) is 18.3. The van der Waals surface area contributed by atoms with Crippen LogP contribution in [-0.2, 0) is 9.53 Å². The highest BCUT2D eigenvalue weighted by Gasteiger charge is 2.38. The van der Waals surface area contributed by atoms with Crippen molar-refractivity contribution in [3.05, 3.63) is 18.1 Å². The maximum absolute atomic E-state index is 11.7. The zero-order valence-electron chi connectivity index (χ0n) is 10.5. The number of nitrogens with two attached hydrogens (primary N) is 1. The lowest BCUT2D eigenvalue weighted by atomic mass is 9.79. The molecule has 1 aliphatic heterocycles. The first-order chi connectivity index (χ1) is 8.62. The van der Waals surface area contributed by atoms with Gasteiger partial charge in [-0.1, -0.05) is 0 Å². The lowest BCUT2D eigenvalue weighted by Crippen LogP contribution is -2.46. The van der Waals surface area contributed by atoms with E-state index in [-0.39, 0.29) is 5.91 Å². The van der Waals surface area contributed by atoms with Gasteiger partial charge < -0.3 is 15.8 Å². The first-order valence-corrected chi connectivity index (χ1v) is 6.04. The fourth-order valence-corrected chi connectivity index (χ4v) is 2.09. The molecule has 0 radical (unpaired) electrons. The summed E-state index contributed by atoms with van der Waals surface area (Å²) in [5.74, 6) is 1.14. The molecule has 0 aliphatic carbocycles. The van der Waals surface area contributed by atoms with E-state index < -0.39 is 5.41 Å². The summed E-state index contributed by atoms with van der Waals surface area (Å²) >= 11 is 0. The van der Waals surface area contributed by atoms with Crippen LogP contribution in [0.3, 0.4) is 0 Å². The minimum Gasteiger partial charge on any atom is -0.381 e. The maximum atomic E-state index is 11.7. The smallest absolute Gasteiger partial charge is 0.225 e. The predicted octanol–water partition coefficient (Wildman–Crippen LogP) is 0.479. The molecular formula is C12H18N4O2. The largest absolute Gasteiger partial charge is 0.381 e. The van der Waals surface area contributed by atoms with Gasteiger partial charge in [-0.2, -0.15) is 0 Å². The molecule has 2 heterocycles. The number of hydrogen-bond acceptors (Lipinski definition) is 5. The standard InChI is InChI=1S/C12H18N4O2/c1-9-14-5-2-10(16-9)15-8-12(11(13)17)3-6-18-7-4-12/h2,5H,3-4,6-8H2,1H3,(H2,13,17)(H,14,15,16). The number of ether oxygens (including phenoxy) is 1. The Kier molecular flexibility index (Phi) is 3.76. The second kappa shape index (κ2) is 5.30. The molecule has 0 spiro atoms. The number of carbonyl (C=O) groups is 1. The molecule has 0 saturated carbocycles. The number of rotatable bonds is 4. The third-order valence-electron chi connectivity index (χ3n) is 3.36. The van der Waals surface area contributed by atoms with Crippen molar-refractivity contribution in [1.82, 2.24) is 9.97 Å². The monoisotopic (exact) mass is 250 g/mol. The van der Waals surface area contributed by atoms with Crippen molar-refractivity contribution in [3.8, 4) is 0 Å². The Labute approximate surface area is 106 Å². The Balaban J connectivity index is 2.04. The van der Waals surface area contributed by atoms with E-state index in [1.807, 2.05) is 6.92 Å². The second-order valence-electron chi connectivity index (χ2n) is 4.60. The van der Waals surface area contributed by atoms with Gasteiger partial charge in [-0.15, -0.1) is 0 Å². The van der Waals surface area contributed by atoms with Crippen LogP contribution in [-0.4, -0.2) is 35.6 Å². The van der Waals surface area contributed by atoms with Crippen LogP contribution in [0.15, 0.2) is 12.3 Å². The van der Waals surface area contributed by atoms with Gasteiger partial charge in [0.05, 0.1) is 5.41 Å². The average Bonchev–Trinajstić information content (AvgIpc) is 2.37. The van der Waals surface area contributed by atoms with Crippen LogP contribution < -0.4 is 11.1 Å². The van der Waals surface area contributed by atoms with Gasteiger partial charge in [0, 0.05) is 26.0 Å². The van der Waals surface area contributed by atoms with Gasteiger partial charge in [0.25, 0.3) is 0 Å². The molecule has 0 aromatic carbocycles. The number of carbonyl (C=O) groups excluding carboxylic acids is 1. The van der Waals surface area contributed by atoms with Crippen molar-refractivity contribution in [3.63, 3.8) is 0 Å². The van der Waals surface area contributed by atoms with Crippen LogP contribution in [0.5, 0.6) is 0 Å². The predicted molar refractivity (Wildman–Crippen MR) is 66.9 cm³/mol. The number of anilines is 1. The van der Waals surface area contributed by atoms with Crippen molar-refractivity contribution in [1.29, 1.82) is 0 Å². The minimum atomic E-state index is -0.531. The first kappa shape index (κ1) is 12.8. The van der Waals surface area contributed by atoms with Gasteiger partial charge in [-0.25, -0.2) is 9.97 Å². The van der Waals surface area contributed by atoms with Crippen LogP contribution in [0, 0.1) is 12.3 Å². The number of aromatic nitrogens is 2. The van der Waals surface area contributed by atoms with Gasteiger partial charge in [-0.3, -0.25) is 4.79 Å². The second-order valence-corrected chi connectivity index (χ2v) is 4.60. The molecule has 3 N–H and O–H groups in total. The molecule has 6 heteroatoms. The van der Waals surface area contributed by atoms with Gasteiger partial charge in [0.15, 0.2) is 0 Å². The number of nitrogens with zero attached hydrogens (tertiary/aromatic N) is 2. The Morgan fingerprint density at radius 2 is 2.28 bits per heavy atom. The third-order valence-corrected chi connectivity index (χ3v) is 3.36. The number of aryl methyl sites for hydroxylation is 1. The van der Waals surface area contributed by atoms with E-state index in [4.69, 9.17) is 10.5 Å². The quantitative estimate of drug-likeness (QED) is 0.811. The van der Waals surface area contributed by atoms with Crippen LogP contribution >= 0.6 is 0 Å². The Morgan fingerprint density at radius 1 is 1.56 bits per heavy atom. The fraction of sp³-hybridized carbons (Fsp3) is 0.583. The summed E-state index contributed by atoms with van der Waals surface area (Å²) in [6.07, 6.45) is 2.99. The van der Waals surface area contributed by atoms with Crippen molar-refractivity contribution < 1.29 is 9.53 Å². The fourth-order valence-electron chi connectivity index (χ4n) is 2.09. The average molecular weight is 250 g/mol. The topological polar surface area (TPSA) is 90.1 Å². The van der Waals surface area contributed by atoms with E-state index in [2.05, 4.69) is 15.3 Å². The highest BCUT2D eigenvalue weighted by molar-refractivity contribution is 5.81. The van der Waals surface area contributed by atoms with Crippen molar-refractivity contribution in [2.75, 3.05) is 25.1 Å². The molecule has 18 heavy (non-hydrogen) atoms. The van der Waals surface area contributed by atoms with E-state index in [1.165, 1.54) is 0 Å². The van der Waals surface area contributed by atoms with Crippen LogP contribution in [0.25, 0.3) is 0 Å². The lowest BCUT2D eigenvalue weighted by molar-refractivity contribution is -0.132. The van der Waals surface area contributed by atoms with Crippen molar-refractivity contribution >= 4 is 11.7 Å². The van der Waals surface area contributed by atoms with Gasteiger partial charge in [-0.05, 0) is 25.8 Å². The number of hydrogen-bond donors (Lipinski definition) is 2. The molecule has 1 aromatic heterocycles. The van der Waals surface area contributed by atoms with Gasteiger partial charge >= 0.3 is 0 Å². The lowest BCUT2D eigenvalue weighted by Gasteiger charge is -2.34. The van der Waals surface area contributed by atoms with E-state index in [1.54, 1.807) is 12.3 Å². The van der Waals surface area contributed by atoms with E-state index in [9.17, 15) is 4.79 Å². The summed E-state index contributed by atoms with van der Waals surface area (Å²) in [5.41, 5.74) is 5.00. The molecule has 98 valence electrons. The molecule has 0 bridgehead atoms. The Hall–Kier alpha value is -1.69. The van der Waals surface area contributed by atoms with Gasteiger partial charge in [0.2, 0.25) is 5.91 Å². The van der Waals surface area contributed by atoms with Crippen LogP contribution in [0.4, 0.5) is 5.82 Å². The molecule has 2 rings (SSSR count). The number of amides is 1. The summed E-state index contributed by atoms with van der Waals surface area (Å²) in [6.45, 7) is 3.46. The van der Waals surface area contributed by atoms with Crippen LogP contribution in [0.2, 0.25) is 0 Å². The molecule has 6 nitrogen and oxygen atoms in total. The minimum absolute atomic E-state index is 0.274. The molecule has 1 fully saturated rings. The summed E-state index contributed by atoms with van der Waals surface area (Å²) in [5, 5.41) is 3.17. The molecule has 1 aliphatic rings. The summed E-state index contributed by atoms with van der Waals surface area (Å²) in [6, 6.07) is 1.78. The number of nitrogens with one attached hydrogen (secondary N) is 1. The zero-order chi connectivity index (χ0) is 13.0. The van der Waals surface area contributed by atoms with Crippen LogP contribution in [0.1, 0.15) is 18.7 Å². The van der Waals surface area contributed by atoms with Gasteiger partial charge in [0.1, 0.15) is 11.6 Å². The SMILES string of the molecule is Cc1nccc(NCC2(C(N)=O)CCOCC2)n1.